The number of likely N-dealkylation sites (N-methyl/N-ethyl adjacent to an activating group) is 1. The van der Waals surface area contributed by atoms with Gasteiger partial charge in [0.2, 0.25) is 5.91 Å². The summed E-state index contributed by atoms with van der Waals surface area (Å²) in [7, 11) is 1.90. The molecule has 0 saturated carbocycles. The van der Waals surface area contributed by atoms with Gasteiger partial charge in [0.05, 0.1) is 6.54 Å². The first kappa shape index (κ1) is 17.0. The molecule has 1 aromatic carbocycles. The fraction of sp³-hybridized carbons (Fsp3) is 0.611. The number of amides is 1. The van der Waals surface area contributed by atoms with Crippen LogP contribution in [0.15, 0.2) is 30.3 Å². The summed E-state index contributed by atoms with van der Waals surface area (Å²) in [5.41, 5.74) is 1.18. The summed E-state index contributed by atoms with van der Waals surface area (Å²) in [6.45, 7) is 6.56. The van der Waals surface area contributed by atoms with Crippen LogP contribution in [0, 0.1) is 0 Å². The molecule has 2 rings (SSSR count). The number of carbonyl (C=O) groups excluding carboxylic acids is 1. The molecule has 0 aliphatic carbocycles. The van der Waals surface area contributed by atoms with E-state index in [2.05, 4.69) is 29.3 Å². The van der Waals surface area contributed by atoms with E-state index >= 15 is 0 Å². The summed E-state index contributed by atoms with van der Waals surface area (Å²) in [4.78, 5) is 16.8. The van der Waals surface area contributed by atoms with Gasteiger partial charge in [0, 0.05) is 19.6 Å². The van der Waals surface area contributed by atoms with Crippen molar-refractivity contribution in [3.63, 3.8) is 0 Å². The average molecular weight is 303 g/mol. The molecule has 0 radical (unpaired) electrons. The molecule has 1 saturated heterocycles. The Morgan fingerprint density at radius 1 is 1.23 bits per heavy atom. The predicted molar refractivity (Wildman–Crippen MR) is 90.7 cm³/mol. The van der Waals surface area contributed by atoms with Crippen molar-refractivity contribution in [2.75, 3.05) is 33.2 Å². The van der Waals surface area contributed by atoms with Crippen LogP contribution in [0.2, 0.25) is 0 Å². The van der Waals surface area contributed by atoms with E-state index in [0.29, 0.717) is 19.1 Å². The van der Waals surface area contributed by atoms with Gasteiger partial charge in [-0.05, 0) is 44.5 Å². The van der Waals surface area contributed by atoms with Crippen LogP contribution in [0.3, 0.4) is 0 Å². The molecule has 1 aliphatic rings. The average Bonchev–Trinajstić information content (AvgIpc) is 2.56. The third-order valence-corrected chi connectivity index (χ3v) is 4.36. The van der Waals surface area contributed by atoms with Crippen molar-refractivity contribution in [2.45, 2.75) is 38.8 Å². The van der Waals surface area contributed by atoms with Crippen LogP contribution in [0.25, 0.3) is 0 Å². The summed E-state index contributed by atoms with van der Waals surface area (Å²) in [6, 6.07) is 10.7. The summed E-state index contributed by atoms with van der Waals surface area (Å²) >= 11 is 0. The largest absolute Gasteiger partial charge is 0.340 e. The highest BCUT2D eigenvalue weighted by Crippen LogP contribution is 2.13. The van der Waals surface area contributed by atoms with Gasteiger partial charge in [-0.15, -0.1) is 0 Å². The molecule has 22 heavy (non-hydrogen) atoms. The molecule has 1 aromatic rings. The molecule has 1 aliphatic heterocycles. The number of hydrogen-bond acceptors (Lipinski definition) is 3. The number of rotatable bonds is 7. The molecular formula is C18H29N3O. The Bertz CT molecular complexity index is 443. The Kier molecular flexibility index (Phi) is 6.87. The van der Waals surface area contributed by atoms with E-state index in [4.69, 9.17) is 0 Å². The minimum atomic E-state index is 0.218. The quantitative estimate of drug-likeness (QED) is 0.838. The lowest BCUT2D eigenvalue weighted by molar-refractivity contribution is -0.132. The first-order chi connectivity index (χ1) is 10.7. The van der Waals surface area contributed by atoms with Crippen molar-refractivity contribution in [3.8, 4) is 0 Å². The molecule has 0 aromatic heterocycles. The van der Waals surface area contributed by atoms with Crippen molar-refractivity contribution < 1.29 is 4.79 Å². The Hall–Kier alpha value is -1.39. The van der Waals surface area contributed by atoms with Crippen molar-refractivity contribution in [3.05, 3.63) is 35.9 Å². The Labute approximate surface area is 134 Å². The van der Waals surface area contributed by atoms with Gasteiger partial charge in [-0.2, -0.15) is 0 Å². The zero-order valence-corrected chi connectivity index (χ0v) is 13.9. The minimum absolute atomic E-state index is 0.218. The number of carbonyl (C=O) groups is 1. The van der Waals surface area contributed by atoms with Gasteiger partial charge in [-0.1, -0.05) is 37.3 Å². The van der Waals surface area contributed by atoms with Gasteiger partial charge in [0.15, 0.2) is 0 Å². The molecule has 0 bridgehead atoms. The lowest BCUT2D eigenvalue weighted by Crippen LogP contribution is -2.47. The topological polar surface area (TPSA) is 35.6 Å². The first-order valence-corrected chi connectivity index (χ1v) is 8.43. The summed E-state index contributed by atoms with van der Waals surface area (Å²) in [6.07, 6.45) is 3.39. The lowest BCUT2D eigenvalue weighted by Gasteiger charge is -2.35. The third-order valence-electron chi connectivity index (χ3n) is 4.36. The Morgan fingerprint density at radius 2 is 1.91 bits per heavy atom. The van der Waals surface area contributed by atoms with Crippen LogP contribution < -0.4 is 5.32 Å². The summed E-state index contributed by atoms with van der Waals surface area (Å²) in [5, 5.41) is 3.40. The molecule has 0 atom stereocenters. The standard InChI is InChI=1S/C18H29N3O/c1-3-13-21(17-9-11-19-12-10-17)15-18(22)20(2)14-16-7-5-4-6-8-16/h4-8,17,19H,3,9-15H2,1-2H3. The highest BCUT2D eigenvalue weighted by molar-refractivity contribution is 5.78. The van der Waals surface area contributed by atoms with E-state index in [9.17, 15) is 4.79 Å². The first-order valence-electron chi connectivity index (χ1n) is 8.43. The van der Waals surface area contributed by atoms with Crippen LogP contribution in [-0.2, 0) is 11.3 Å². The lowest BCUT2D eigenvalue weighted by atomic mass is 10.0. The SMILES string of the molecule is CCCN(CC(=O)N(C)Cc1ccccc1)C1CCNCC1. The van der Waals surface area contributed by atoms with Crippen LogP contribution in [-0.4, -0.2) is 55.0 Å². The maximum atomic E-state index is 12.5. The van der Waals surface area contributed by atoms with Crippen LogP contribution in [0.1, 0.15) is 31.7 Å². The van der Waals surface area contributed by atoms with Crippen LogP contribution >= 0.6 is 0 Å². The van der Waals surface area contributed by atoms with E-state index in [-0.39, 0.29) is 5.91 Å². The molecular weight excluding hydrogens is 274 g/mol. The molecule has 1 N–H and O–H groups in total. The Balaban J connectivity index is 1.89. The van der Waals surface area contributed by atoms with Gasteiger partial charge >= 0.3 is 0 Å². The monoisotopic (exact) mass is 303 g/mol. The molecule has 1 fully saturated rings. The molecule has 4 heteroatoms. The van der Waals surface area contributed by atoms with E-state index in [1.165, 1.54) is 5.56 Å². The molecule has 0 spiro atoms. The highest BCUT2D eigenvalue weighted by Gasteiger charge is 2.23. The molecule has 1 heterocycles. The maximum Gasteiger partial charge on any atom is 0.236 e. The van der Waals surface area contributed by atoms with E-state index in [1.807, 2.05) is 30.1 Å². The number of nitrogens with zero attached hydrogens (tertiary/aromatic N) is 2. The molecule has 1 amide bonds. The summed E-state index contributed by atoms with van der Waals surface area (Å²) < 4.78 is 0. The number of piperidine rings is 1. The Morgan fingerprint density at radius 3 is 2.55 bits per heavy atom. The smallest absolute Gasteiger partial charge is 0.236 e. The number of nitrogens with one attached hydrogen (secondary N) is 1. The van der Waals surface area contributed by atoms with Gasteiger partial charge in [0.1, 0.15) is 0 Å². The number of hydrogen-bond donors (Lipinski definition) is 1. The molecule has 122 valence electrons. The van der Waals surface area contributed by atoms with Gasteiger partial charge in [0.25, 0.3) is 0 Å². The summed E-state index contributed by atoms with van der Waals surface area (Å²) in [5.74, 6) is 0.218. The van der Waals surface area contributed by atoms with Crippen LogP contribution in [0.4, 0.5) is 0 Å². The van der Waals surface area contributed by atoms with Crippen LogP contribution in [0.5, 0.6) is 0 Å². The van der Waals surface area contributed by atoms with Gasteiger partial charge < -0.3 is 10.2 Å². The highest BCUT2D eigenvalue weighted by atomic mass is 16.2. The minimum Gasteiger partial charge on any atom is -0.340 e. The second kappa shape index (κ2) is 8.91. The normalized spacial score (nSPS) is 16.0. The molecule has 4 nitrogen and oxygen atoms in total. The predicted octanol–water partition coefficient (Wildman–Crippen LogP) is 2.11. The van der Waals surface area contributed by atoms with E-state index < -0.39 is 0 Å². The zero-order chi connectivity index (χ0) is 15.8. The van der Waals surface area contributed by atoms with Gasteiger partial charge in [-0.3, -0.25) is 9.69 Å². The van der Waals surface area contributed by atoms with E-state index in [1.54, 1.807) is 0 Å². The van der Waals surface area contributed by atoms with E-state index in [0.717, 1.165) is 38.9 Å². The fourth-order valence-corrected chi connectivity index (χ4v) is 3.09. The van der Waals surface area contributed by atoms with Crippen molar-refractivity contribution in [2.24, 2.45) is 0 Å². The van der Waals surface area contributed by atoms with Crippen molar-refractivity contribution >= 4 is 5.91 Å². The van der Waals surface area contributed by atoms with Crippen molar-refractivity contribution in [1.82, 2.24) is 15.1 Å². The maximum absolute atomic E-state index is 12.5. The second-order valence-electron chi connectivity index (χ2n) is 6.19. The van der Waals surface area contributed by atoms with Gasteiger partial charge in [-0.25, -0.2) is 0 Å². The third kappa shape index (κ3) is 5.11. The zero-order valence-electron chi connectivity index (χ0n) is 13.9. The second-order valence-corrected chi connectivity index (χ2v) is 6.19. The number of benzene rings is 1. The fourth-order valence-electron chi connectivity index (χ4n) is 3.09. The molecule has 0 unspecified atom stereocenters. The van der Waals surface area contributed by atoms with Crippen molar-refractivity contribution in [1.29, 1.82) is 0 Å².